The van der Waals surface area contributed by atoms with E-state index in [1.807, 2.05) is 31.2 Å². The van der Waals surface area contributed by atoms with E-state index in [4.69, 9.17) is 23.5 Å². The first-order valence-corrected chi connectivity index (χ1v) is 12.3. The molecule has 2 heterocycles. The number of carbonyl (C=O) groups excluding carboxylic acids is 2. The van der Waals surface area contributed by atoms with Crippen LogP contribution in [0.2, 0.25) is 0 Å². The molecule has 2 atom stereocenters. The number of amides is 1. The van der Waals surface area contributed by atoms with Gasteiger partial charge in [0.25, 0.3) is 0 Å². The van der Waals surface area contributed by atoms with Crippen LogP contribution in [-0.4, -0.2) is 61.1 Å². The molecule has 1 amide bonds. The standard InChI is InChI=1S/C26H34N2O7/c1-4-32-25(29)19-13-22(15-31-14-19)34-21-11-9-18(10-12-21)24-23(17(2)27-35-24)16-33-26(30)28(3)20-7-5-6-8-20/h9-12,19-20,22H,4-8,13-16H2,1-3H3. The molecule has 9 heteroatoms. The number of esters is 1. The third-order valence-corrected chi connectivity index (χ3v) is 6.69. The molecule has 1 saturated carbocycles. The Labute approximate surface area is 205 Å². The van der Waals surface area contributed by atoms with Crippen LogP contribution in [-0.2, 0) is 25.6 Å². The molecule has 1 aliphatic heterocycles. The van der Waals surface area contributed by atoms with Gasteiger partial charge in [0.15, 0.2) is 5.76 Å². The van der Waals surface area contributed by atoms with E-state index in [9.17, 15) is 9.59 Å². The Bertz CT molecular complexity index is 998. The number of benzene rings is 1. The maximum absolute atomic E-state index is 12.5. The summed E-state index contributed by atoms with van der Waals surface area (Å²) in [4.78, 5) is 26.2. The summed E-state index contributed by atoms with van der Waals surface area (Å²) < 4.78 is 27.8. The van der Waals surface area contributed by atoms with Crippen LogP contribution in [0, 0.1) is 12.8 Å². The van der Waals surface area contributed by atoms with Gasteiger partial charge in [0, 0.05) is 25.1 Å². The first-order valence-electron chi connectivity index (χ1n) is 12.3. The summed E-state index contributed by atoms with van der Waals surface area (Å²) >= 11 is 0. The lowest BCUT2D eigenvalue weighted by atomic mass is 10.0. The second-order valence-corrected chi connectivity index (χ2v) is 9.17. The monoisotopic (exact) mass is 486 g/mol. The molecule has 2 aliphatic rings. The average molecular weight is 487 g/mol. The molecule has 0 N–H and O–H groups in total. The lowest BCUT2D eigenvalue weighted by molar-refractivity contribution is -0.155. The Balaban J connectivity index is 1.36. The van der Waals surface area contributed by atoms with E-state index >= 15 is 0 Å². The van der Waals surface area contributed by atoms with Crippen molar-refractivity contribution >= 4 is 12.1 Å². The Kier molecular flexibility index (Phi) is 8.28. The Morgan fingerprint density at radius 2 is 1.86 bits per heavy atom. The highest BCUT2D eigenvalue weighted by Crippen LogP contribution is 2.30. The highest BCUT2D eigenvalue weighted by molar-refractivity contribution is 5.72. The van der Waals surface area contributed by atoms with Crippen LogP contribution in [0.3, 0.4) is 0 Å². The molecule has 0 spiro atoms. The van der Waals surface area contributed by atoms with Gasteiger partial charge in [0.1, 0.15) is 18.5 Å². The van der Waals surface area contributed by atoms with Gasteiger partial charge in [-0.25, -0.2) is 4.79 Å². The van der Waals surface area contributed by atoms with Gasteiger partial charge in [-0.2, -0.15) is 0 Å². The van der Waals surface area contributed by atoms with E-state index in [1.54, 1.807) is 18.9 Å². The van der Waals surface area contributed by atoms with Gasteiger partial charge in [-0.1, -0.05) is 18.0 Å². The smallest absolute Gasteiger partial charge is 0.410 e. The number of carbonyl (C=O) groups is 2. The van der Waals surface area contributed by atoms with Crippen molar-refractivity contribution in [3.05, 3.63) is 35.5 Å². The van der Waals surface area contributed by atoms with Crippen molar-refractivity contribution < 1.29 is 33.1 Å². The van der Waals surface area contributed by atoms with Gasteiger partial charge in [-0.15, -0.1) is 0 Å². The van der Waals surface area contributed by atoms with Gasteiger partial charge in [-0.3, -0.25) is 4.79 Å². The Morgan fingerprint density at radius 3 is 2.57 bits per heavy atom. The van der Waals surface area contributed by atoms with Crippen LogP contribution >= 0.6 is 0 Å². The fourth-order valence-corrected chi connectivity index (χ4v) is 4.64. The Hall–Kier alpha value is -3.07. The van der Waals surface area contributed by atoms with E-state index in [2.05, 4.69) is 5.16 Å². The first-order chi connectivity index (χ1) is 17.0. The predicted molar refractivity (Wildman–Crippen MR) is 127 cm³/mol. The third-order valence-electron chi connectivity index (χ3n) is 6.69. The van der Waals surface area contributed by atoms with Crippen molar-refractivity contribution in [3.63, 3.8) is 0 Å². The molecule has 0 bridgehead atoms. The van der Waals surface area contributed by atoms with E-state index in [-0.39, 0.29) is 36.7 Å². The molecular weight excluding hydrogens is 452 g/mol. The molecule has 1 aliphatic carbocycles. The zero-order valence-electron chi connectivity index (χ0n) is 20.7. The van der Waals surface area contributed by atoms with Crippen LogP contribution in [0.4, 0.5) is 4.79 Å². The van der Waals surface area contributed by atoms with Crippen LogP contribution in [0.25, 0.3) is 11.3 Å². The summed E-state index contributed by atoms with van der Waals surface area (Å²) in [5, 5.41) is 4.08. The molecule has 2 fully saturated rings. The van der Waals surface area contributed by atoms with Crippen molar-refractivity contribution in [1.29, 1.82) is 0 Å². The molecular formula is C26H34N2O7. The largest absolute Gasteiger partial charge is 0.488 e. The van der Waals surface area contributed by atoms with Crippen molar-refractivity contribution in [2.75, 3.05) is 26.9 Å². The summed E-state index contributed by atoms with van der Waals surface area (Å²) in [5.41, 5.74) is 2.23. The van der Waals surface area contributed by atoms with Crippen LogP contribution in [0.15, 0.2) is 28.8 Å². The number of hydrogen-bond donors (Lipinski definition) is 0. The Morgan fingerprint density at radius 1 is 1.11 bits per heavy atom. The van der Waals surface area contributed by atoms with Crippen LogP contribution in [0.1, 0.15) is 50.3 Å². The molecule has 9 nitrogen and oxygen atoms in total. The normalized spacial score (nSPS) is 20.4. The molecule has 1 aromatic carbocycles. The predicted octanol–water partition coefficient (Wildman–Crippen LogP) is 4.51. The van der Waals surface area contributed by atoms with Gasteiger partial charge < -0.3 is 28.4 Å². The minimum atomic E-state index is -0.331. The first kappa shape index (κ1) is 25.0. The van der Waals surface area contributed by atoms with Crippen LogP contribution < -0.4 is 4.74 Å². The number of hydrogen-bond acceptors (Lipinski definition) is 8. The molecule has 1 saturated heterocycles. The van der Waals surface area contributed by atoms with Crippen molar-refractivity contribution in [2.24, 2.45) is 5.92 Å². The lowest BCUT2D eigenvalue weighted by Crippen LogP contribution is -2.37. The summed E-state index contributed by atoms with van der Waals surface area (Å²) in [5.74, 6) is 0.658. The molecule has 2 unspecified atom stereocenters. The maximum Gasteiger partial charge on any atom is 0.410 e. The molecule has 0 radical (unpaired) electrons. The molecule has 35 heavy (non-hydrogen) atoms. The summed E-state index contributed by atoms with van der Waals surface area (Å²) in [6.07, 6.45) is 4.33. The van der Waals surface area contributed by atoms with Crippen molar-refractivity contribution in [1.82, 2.24) is 10.1 Å². The summed E-state index contributed by atoms with van der Waals surface area (Å²) in [7, 11) is 1.80. The lowest BCUT2D eigenvalue weighted by Gasteiger charge is -2.28. The van der Waals surface area contributed by atoms with Gasteiger partial charge >= 0.3 is 12.1 Å². The third kappa shape index (κ3) is 6.14. The number of ether oxygens (including phenoxy) is 4. The second-order valence-electron chi connectivity index (χ2n) is 9.17. The van der Waals surface area contributed by atoms with E-state index in [1.165, 1.54) is 0 Å². The number of aryl methyl sites for hydroxylation is 1. The fraction of sp³-hybridized carbons (Fsp3) is 0.577. The summed E-state index contributed by atoms with van der Waals surface area (Å²) in [6, 6.07) is 7.67. The molecule has 4 rings (SSSR count). The van der Waals surface area contributed by atoms with Crippen LogP contribution in [0.5, 0.6) is 5.75 Å². The minimum absolute atomic E-state index is 0.0907. The topological polar surface area (TPSA) is 100 Å². The molecule has 1 aromatic heterocycles. The number of aromatic nitrogens is 1. The van der Waals surface area contributed by atoms with Gasteiger partial charge in [0.2, 0.25) is 0 Å². The van der Waals surface area contributed by atoms with E-state index in [0.717, 1.165) is 36.8 Å². The second kappa shape index (κ2) is 11.6. The number of rotatable bonds is 8. The zero-order chi connectivity index (χ0) is 24.8. The SMILES string of the molecule is CCOC(=O)C1COCC(Oc2ccc(-c3onc(C)c3COC(=O)N(C)C3CCCC3)cc2)C1. The zero-order valence-corrected chi connectivity index (χ0v) is 20.7. The highest BCUT2D eigenvalue weighted by Gasteiger charge is 2.30. The van der Waals surface area contributed by atoms with Gasteiger partial charge in [-0.05, 0) is 51.0 Å². The number of nitrogens with zero attached hydrogens (tertiary/aromatic N) is 2. The average Bonchev–Trinajstić information content (AvgIpc) is 3.53. The maximum atomic E-state index is 12.5. The quantitative estimate of drug-likeness (QED) is 0.503. The minimum Gasteiger partial charge on any atom is -0.488 e. The van der Waals surface area contributed by atoms with E-state index in [0.29, 0.717) is 43.4 Å². The van der Waals surface area contributed by atoms with Crippen molar-refractivity contribution in [2.45, 2.75) is 64.7 Å². The summed E-state index contributed by atoms with van der Waals surface area (Å²) in [6.45, 7) is 4.83. The van der Waals surface area contributed by atoms with Crippen molar-refractivity contribution in [3.8, 4) is 17.1 Å². The van der Waals surface area contributed by atoms with E-state index < -0.39 is 0 Å². The molecule has 190 valence electrons. The molecule has 2 aromatic rings. The van der Waals surface area contributed by atoms with Gasteiger partial charge in [0.05, 0.1) is 37.0 Å². The fourth-order valence-electron chi connectivity index (χ4n) is 4.64. The highest BCUT2D eigenvalue weighted by atomic mass is 16.6.